The second-order valence-electron chi connectivity index (χ2n) is 4.87. The Kier molecular flexibility index (Phi) is 5.51. The largest absolute Gasteiger partial charge is 0.477 e. The van der Waals surface area contributed by atoms with E-state index in [0.717, 1.165) is 5.56 Å². The molecule has 1 heterocycles. The molecule has 0 saturated heterocycles. The van der Waals surface area contributed by atoms with Crippen molar-refractivity contribution in [2.24, 2.45) is 0 Å². The SMILES string of the molecule is CCOc1cncc(NC(C)C(O)Cc2ccccc2)n1. The lowest BCUT2D eigenvalue weighted by Crippen LogP contribution is -2.32. The highest BCUT2D eigenvalue weighted by Gasteiger charge is 2.15. The Labute approximate surface area is 125 Å². The molecule has 1 aromatic heterocycles. The molecule has 21 heavy (non-hydrogen) atoms. The fourth-order valence-corrected chi connectivity index (χ4v) is 2.00. The van der Waals surface area contributed by atoms with Crippen LogP contribution in [0.25, 0.3) is 0 Å². The first-order valence-corrected chi connectivity index (χ1v) is 7.12. The van der Waals surface area contributed by atoms with E-state index in [4.69, 9.17) is 4.74 Å². The number of rotatable bonds is 7. The zero-order valence-electron chi connectivity index (χ0n) is 12.4. The average molecular weight is 287 g/mol. The van der Waals surface area contributed by atoms with Gasteiger partial charge >= 0.3 is 0 Å². The van der Waals surface area contributed by atoms with Crippen molar-refractivity contribution < 1.29 is 9.84 Å². The molecule has 0 spiro atoms. The minimum atomic E-state index is -0.509. The predicted molar refractivity (Wildman–Crippen MR) is 82.4 cm³/mol. The maximum absolute atomic E-state index is 10.3. The molecule has 0 aliphatic carbocycles. The third kappa shape index (κ3) is 4.72. The van der Waals surface area contributed by atoms with Gasteiger partial charge in [-0.1, -0.05) is 30.3 Å². The summed E-state index contributed by atoms with van der Waals surface area (Å²) in [5.74, 6) is 1.08. The summed E-state index contributed by atoms with van der Waals surface area (Å²) in [5.41, 5.74) is 1.10. The summed E-state index contributed by atoms with van der Waals surface area (Å²) in [6.45, 7) is 4.36. The number of hydrogen-bond donors (Lipinski definition) is 2. The molecule has 2 unspecified atom stereocenters. The van der Waals surface area contributed by atoms with Crippen molar-refractivity contribution in [3.63, 3.8) is 0 Å². The van der Waals surface area contributed by atoms with E-state index in [0.29, 0.717) is 24.7 Å². The van der Waals surface area contributed by atoms with Gasteiger partial charge in [-0.15, -0.1) is 0 Å². The topological polar surface area (TPSA) is 67.3 Å². The van der Waals surface area contributed by atoms with Crippen LogP contribution in [0.15, 0.2) is 42.7 Å². The van der Waals surface area contributed by atoms with E-state index in [9.17, 15) is 5.11 Å². The predicted octanol–water partition coefficient (Wildman–Crippen LogP) is 2.28. The summed E-state index contributed by atoms with van der Waals surface area (Å²) >= 11 is 0. The summed E-state index contributed by atoms with van der Waals surface area (Å²) < 4.78 is 5.31. The maximum Gasteiger partial charge on any atom is 0.234 e. The molecule has 0 amide bonds. The van der Waals surface area contributed by atoms with Crippen LogP contribution in [-0.4, -0.2) is 33.8 Å². The first kappa shape index (κ1) is 15.3. The first-order valence-electron chi connectivity index (χ1n) is 7.12. The van der Waals surface area contributed by atoms with Gasteiger partial charge in [-0.05, 0) is 19.4 Å². The molecule has 0 saturated carbocycles. The monoisotopic (exact) mass is 287 g/mol. The summed E-state index contributed by atoms with van der Waals surface area (Å²) in [5, 5.41) is 13.4. The van der Waals surface area contributed by atoms with E-state index in [1.165, 1.54) is 0 Å². The third-order valence-corrected chi connectivity index (χ3v) is 3.15. The van der Waals surface area contributed by atoms with Crippen molar-refractivity contribution in [2.45, 2.75) is 32.4 Å². The van der Waals surface area contributed by atoms with Crippen molar-refractivity contribution in [3.8, 4) is 5.88 Å². The van der Waals surface area contributed by atoms with Crippen LogP contribution in [0.1, 0.15) is 19.4 Å². The zero-order chi connectivity index (χ0) is 15.1. The molecular weight excluding hydrogens is 266 g/mol. The van der Waals surface area contributed by atoms with Gasteiger partial charge in [-0.25, -0.2) is 0 Å². The Balaban J connectivity index is 1.94. The number of ether oxygens (including phenoxy) is 1. The van der Waals surface area contributed by atoms with Gasteiger partial charge in [0.15, 0.2) is 0 Å². The molecular formula is C16H21N3O2. The van der Waals surface area contributed by atoms with Gasteiger partial charge in [-0.3, -0.25) is 4.98 Å². The molecule has 0 fully saturated rings. The highest BCUT2D eigenvalue weighted by Crippen LogP contribution is 2.13. The standard InChI is InChI=1S/C16H21N3O2/c1-3-21-16-11-17-10-15(19-16)18-12(2)14(20)9-13-7-5-4-6-8-13/h4-8,10-12,14,20H,3,9H2,1-2H3,(H,18,19). The molecule has 2 rings (SSSR count). The van der Waals surface area contributed by atoms with Gasteiger partial charge in [0, 0.05) is 6.42 Å². The Hall–Kier alpha value is -2.14. The molecule has 0 bridgehead atoms. The van der Waals surface area contributed by atoms with Crippen LogP contribution in [0.2, 0.25) is 0 Å². The van der Waals surface area contributed by atoms with Gasteiger partial charge in [0.1, 0.15) is 5.82 Å². The molecule has 0 radical (unpaired) electrons. The Morgan fingerprint density at radius 2 is 2.00 bits per heavy atom. The Bertz CT molecular complexity index is 548. The minimum absolute atomic E-state index is 0.142. The van der Waals surface area contributed by atoms with Gasteiger partial charge in [0.05, 0.1) is 31.1 Å². The van der Waals surface area contributed by atoms with Crippen LogP contribution in [-0.2, 0) is 6.42 Å². The fraction of sp³-hybridized carbons (Fsp3) is 0.375. The number of nitrogens with one attached hydrogen (secondary N) is 1. The maximum atomic E-state index is 10.3. The van der Waals surface area contributed by atoms with E-state index in [2.05, 4.69) is 15.3 Å². The van der Waals surface area contributed by atoms with Crippen LogP contribution in [0.4, 0.5) is 5.82 Å². The fourth-order valence-electron chi connectivity index (χ4n) is 2.00. The molecule has 5 heteroatoms. The van der Waals surface area contributed by atoms with Gasteiger partial charge in [0.25, 0.3) is 0 Å². The Morgan fingerprint density at radius 1 is 1.24 bits per heavy atom. The van der Waals surface area contributed by atoms with Crippen molar-refractivity contribution in [1.29, 1.82) is 0 Å². The van der Waals surface area contributed by atoms with Crippen LogP contribution in [0.3, 0.4) is 0 Å². The number of anilines is 1. The number of nitrogens with zero attached hydrogens (tertiary/aromatic N) is 2. The number of aliphatic hydroxyl groups is 1. The highest BCUT2D eigenvalue weighted by molar-refractivity contribution is 5.35. The average Bonchev–Trinajstić information content (AvgIpc) is 2.49. The van der Waals surface area contributed by atoms with Crippen LogP contribution in [0, 0.1) is 0 Å². The third-order valence-electron chi connectivity index (χ3n) is 3.15. The van der Waals surface area contributed by atoms with Crippen LogP contribution < -0.4 is 10.1 Å². The Morgan fingerprint density at radius 3 is 2.71 bits per heavy atom. The number of aromatic nitrogens is 2. The van der Waals surface area contributed by atoms with Gasteiger partial charge in [-0.2, -0.15) is 4.98 Å². The lowest BCUT2D eigenvalue weighted by atomic mass is 10.0. The number of benzene rings is 1. The number of hydrogen-bond acceptors (Lipinski definition) is 5. The summed E-state index contributed by atoms with van der Waals surface area (Å²) in [4.78, 5) is 8.35. The quantitative estimate of drug-likeness (QED) is 0.817. The molecule has 2 N–H and O–H groups in total. The molecule has 112 valence electrons. The molecule has 1 aromatic carbocycles. The van der Waals surface area contributed by atoms with Crippen molar-refractivity contribution >= 4 is 5.82 Å². The summed E-state index contributed by atoms with van der Waals surface area (Å²) in [7, 11) is 0. The highest BCUT2D eigenvalue weighted by atomic mass is 16.5. The molecule has 2 aromatic rings. The van der Waals surface area contributed by atoms with Crippen LogP contribution in [0.5, 0.6) is 5.88 Å². The lowest BCUT2D eigenvalue weighted by molar-refractivity contribution is 0.158. The van der Waals surface area contributed by atoms with Crippen molar-refractivity contribution in [3.05, 3.63) is 48.3 Å². The molecule has 5 nitrogen and oxygen atoms in total. The van der Waals surface area contributed by atoms with E-state index >= 15 is 0 Å². The normalized spacial score (nSPS) is 13.5. The molecule has 0 aliphatic rings. The van der Waals surface area contributed by atoms with E-state index < -0.39 is 6.10 Å². The first-order chi connectivity index (χ1) is 10.2. The van der Waals surface area contributed by atoms with E-state index in [1.54, 1.807) is 12.4 Å². The smallest absolute Gasteiger partial charge is 0.234 e. The van der Waals surface area contributed by atoms with Gasteiger partial charge in [0.2, 0.25) is 5.88 Å². The second-order valence-corrected chi connectivity index (χ2v) is 4.87. The summed E-state index contributed by atoms with van der Waals surface area (Å²) in [6, 6.07) is 9.77. The second kappa shape index (κ2) is 7.59. The number of aliphatic hydroxyl groups excluding tert-OH is 1. The minimum Gasteiger partial charge on any atom is -0.477 e. The van der Waals surface area contributed by atoms with E-state index in [-0.39, 0.29) is 6.04 Å². The van der Waals surface area contributed by atoms with E-state index in [1.807, 2.05) is 44.2 Å². The van der Waals surface area contributed by atoms with Crippen molar-refractivity contribution in [1.82, 2.24) is 9.97 Å². The van der Waals surface area contributed by atoms with Crippen molar-refractivity contribution in [2.75, 3.05) is 11.9 Å². The van der Waals surface area contributed by atoms with Crippen LogP contribution >= 0.6 is 0 Å². The lowest BCUT2D eigenvalue weighted by Gasteiger charge is -2.21. The molecule has 0 aliphatic heterocycles. The zero-order valence-corrected chi connectivity index (χ0v) is 12.4. The summed E-state index contributed by atoms with van der Waals surface area (Å²) in [6.07, 6.45) is 3.27. The van der Waals surface area contributed by atoms with Gasteiger partial charge < -0.3 is 15.2 Å². The molecule has 2 atom stereocenters.